The smallest absolute Gasteiger partial charge is 0.328 e. The van der Waals surface area contributed by atoms with E-state index < -0.39 is 0 Å². The first kappa shape index (κ1) is 10.8. The van der Waals surface area contributed by atoms with Crippen molar-refractivity contribution in [3.8, 4) is 0 Å². The lowest BCUT2D eigenvalue weighted by molar-refractivity contribution is 0.0843. The Kier molecular flexibility index (Phi) is 2.63. The molecule has 17 heavy (non-hydrogen) atoms. The largest absolute Gasteiger partial charge is 0.381 e. The van der Waals surface area contributed by atoms with Crippen LogP contribution in [0.3, 0.4) is 0 Å². The van der Waals surface area contributed by atoms with E-state index in [1.54, 1.807) is 6.07 Å². The number of hydrogen-bond donors (Lipinski definition) is 1. The first-order valence-corrected chi connectivity index (χ1v) is 6.19. The zero-order chi connectivity index (χ0) is 11.8. The second-order valence-corrected chi connectivity index (χ2v) is 4.86. The minimum Gasteiger partial charge on any atom is -0.381 e. The molecule has 2 aliphatic rings. The SMILES string of the molecule is O=c1cc(C2CCOCC2)[nH]c(=O)n1C1CC1. The van der Waals surface area contributed by atoms with Gasteiger partial charge >= 0.3 is 5.69 Å². The van der Waals surface area contributed by atoms with Gasteiger partial charge in [0.2, 0.25) is 0 Å². The minimum absolute atomic E-state index is 0.134. The summed E-state index contributed by atoms with van der Waals surface area (Å²) in [6.07, 6.45) is 3.64. The Morgan fingerprint density at radius 1 is 1.18 bits per heavy atom. The van der Waals surface area contributed by atoms with E-state index in [9.17, 15) is 9.59 Å². The van der Waals surface area contributed by atoms with E-state index in [0.717, 1.165) is 31.4 Å². The van der Waals surface area contributed by atoms with E-state index in [2.05, 4.69) is 4.98 Å². The van der Waals surface area contributed by atoms with E-state index in [4.69, 9.17) is 4.74 Å². The summed E-state index contributed by atoms with van der Waals surface area (Å²) in [6.45, 7) is 1.41. The van der Waals surface area contributed by atoms with Crippen molar-refractivity contribution in [2.45, 2.75) is 37.6 Å². The maximum absolute atomic E-state index is 11.9. The van der Waals surface area contributed by atoms with Crippen LogP contribution >= 0.6 is 0 Å². The third-order valence-corrected chi connectivity index (χ3v) is 3.56. The normalized spacial score (nSPS) is 21.6. The third kappa shape index (κ3) is 2.07. The minimum atomic E-state index is -0.249. The molecule has 92 valence electrons. The molecule has 5 nitrogen and oxygen atoms in total. The number of hydrogen-bond acceptors (Lipinski definition) is 3. The van der Waals surface area contributed by atoms with E-state index >= 15 is 0 Å². The van der Waals surface area contributed by atoms with Crippen LogP contribution in [0.4, 0.5) is 0 Å². The fraction of sp³-hybridized carbons (Fsp3) is 0.667. The highest BCUT2D eigenvalue weighted by Crippen LogP contribution is 2.32. The maximum atomic E-state index is 11.9. The van der Waals surface area contributed by atoms with Gasteiger partial charge in [-0.15, -0.1) is 0 Å². The Morgan fingerprint density at radius 3 is 2.47 bits per heavy atom. The second-order valence-electron chi connectivity index (χ2n) is 4.86. The molecule has 0 radical (unpaired) electrons. The van der Waals surface area contributed by atoms with Gasteiger partial charge in [-0.25, -0.2) is 4.79 Å². The standard InChI is InChI=1S/C12H16N2O3/c15-11-7-10(8-3-5-17-6-4-8)13-12(16)14(11)9-1-2-9/h7-9H,1-6H2,(H,13,16). The lowest BCUT2D eigenvalue weighted by atomic mass is 9.96. The van der Waals surface area contributed by atoms with Crippen molar-refractivity contribution in [1.29, 1.82) is 0 Å². The molecule has 1 aromatic heterocycles. The molecule has 2 fully saturated rings. The van der Waals surface area contributed by atoms with Gasteiger partial charge in [0.15, 0.2) is 0 Å². The van der Waals surface area contributed by atoms with Crippen molar-refractivity contribution in [1.82, 2.24) is 9.55 Å². The average molecular weight is 236 g/mol. The van der Waals surface area contributed by atoms with Crippen LogP contribution in [0.2, 0.25) is 0 Å². The fourth-order valence-electron chi connectivity index (χ4n) is 2.43. The molecule has 0 atom stereocenters. The van der Waals surface area contributed by atoms with E-state index in [0.29, 0.717) is 13.2 Å². The van der Waals surface area contributed by atoms with Gasteiger partial charge < -0.3 is 9.72 Å². The first-order chi connectivity index (χ1) is 8.25. The number of nitrogens with one attached hydrogen (secondary N) is 1. The van der Waals surface area contributed by atoms with Crippen LogP contribution in [0, 0.1) is 0 Å². The van der Waals surface area contributed by atoms with Gasteiger partial charge in [0.1, 0.15) is 0 Å². The Morgan fingerprint density at radius 2 is 1.88 bits per heavy atom. The van der Waals surface area contributed by atoms with Crippen molar-refractivity contribution in [2.75, 3.05) is 13.2 Å². The van der Waals surface area contributed by atoms with Crippen LogP contribution in [0.25, 0.3) is 0 Å². The summed E-state index contributed by atoms with van der Waals surface area (Å²) < 4.78 is 6.63. The molecule has 0 spiro atoms. The van der Waals surface area contributed by atoms with Gasteiger partial charge in [-0.3, -0.25) is 9.36 Å². The Hall–Kier alpha value is -1.36. The highest BCUT2D eigenvalue weighted by Gasteiger charge is 2.27. The lowest BCUT2D eigenvalue weighted by Gasteiger charge is -2.21. The molecule has 1 aliphatic carbocycles. The Labute approximate surface area is 98.4 Å². The highest BCUT2D eigenvalue weighted by molar-refractivity contribution is 5.08. The van der Waals surface area contributed by atoms with E-state index in [1.165, 1.54) is 4.57 Å². The zero-order valence-electron chi connectivity index (χ0n) is 9.65. The number of aromatic amines is 1. The van der Waals surface area contributed by atoms with Crippen LogP contribution in [0.5, 0.6) is 0 Å². The van der Waals surface area contributed by atoms with Crippen molar-refractivity contribution in [2.24, 2.45) is 0 Å². The summed E-state index contributed by atoms with van der Waals surface area (Å²) in [6, 6.07) is 1.73. The monoisotopic (exact) mass is 236 g/mol. The zero-order valence-corrected chi connectivity index (χ0v) is 9.65. The van der Waals surface area contributed by atoms with Gasteiger partial charge in [-0.2, -0.15) is 0 Å². The van der Waals surface area contributed by atoms with Crippen LogP contribution in [-0.4, -0.2) is 22.8 Å². The quantitative estimate of drug-likeness (QED) is 0.824. The number of nitrogens with zero attached hydrogens (tertiary/aromatic N) is 1. The number of rotatable bonds is 2. The molecule has 1 saturated carbocycles. The molecule has 0 unspecified atom stereocenters. The molecule has 0 bridgehead atoms. The maximum Gasteiger partial charge on any atom is 0.328 e. The van der Waals surface area contributed by atoms with Gasteiger partial charge in [0.25, 0.3) is 5.56 Å². The van der Waals surface area contributed by atoms with Crippen LogP contribution in [0.15, 0.2) is 15.7 Å². The molecule has 5 heteroatoms. The summed E-state index contributed by atoms with van der Waals surface area (Å²) in [7, 11) is 0. The van der Waals surface area contributed by atoms with Gasteiger partial charge in [-0.1, -0.05) is 0 Å². The predicted octanol–water partition coefficient (Wildman–Crippen LogP) is 0.765. The molecular weight excluding hydrogens is 220 g/mol. The fourth-order valence-corrected chi connectivity index (χ4v) is 2.43. The summed E-state index contributed by atoms with van der Waals surface area (Å²) in [4.78, 5) is 26.6. The Bertz CT molecular complexity index is 490. The lowest BCUT2D eigenvalue weighted by Crippen LogP contribution is -2.35. The van der Waals surface area contributed by atoms with Crippen molar-refractivity contribution >= 4 is 0 Å². The summed E-state index contributed by atoms with van der Waals surface area (Å²) >= 11 is 0. The average Bonchev–Trinajstić information content (AvgIpc) is 3.14. The highest BCUT2D eigenvalue weighted by atomic mass is 16.5. The molecule has 1 aromatic rings. The number of H-pyrrole nitrogens is 1. The van der Waals surface area contributed by atoms with E-state index in [-0.39, 0.29) is 23.2 Å². The topological polar surface area (TPSA) is 64.1 Å². The predicted molar refractivity (Wildman–Crippen MR) is 62.4 cm³/mol. The first-order valence-electron chi connectivity index (χ1n) is 6.19. The second kappa shape index (κ2) is 4.14. The summed E-state index contributed by atoms with van der Waals surface area (Å²) in [5, 5.41) is 0. The van der Waals surface area contributed by atoms with Crippen molar-refractivity contribution in [3.63, 3.8) is 0 Å². The Balaban J connectivity index is 1.96. The third-order valence-electron chi connectivity index (χ3n) is 3.56. The van der Waals surface area contributed by atoms with Crippen molar-refractivity contribution < 1.29 is 4.74 Å². The molecule has 0 aromatic carbocycles. The van der Waals surface area contributed by atoms with Gasteiger partial charge in [0, 0.05) is 36.9 Å². The van der Waals surface area contributed by atoms with Crippen LogP contribution < -0.4 is 11.2 Å². The van der Waals surface area contributed by atoms with E-state index in [1.807, 2.05) is 0 Å². The van der Waals surface area contributed by atoms with Gasteiger partial charge in [0.05, 0.1) is 0 Å². The molecule has 1 aliphatic heterocycles. The van der Waals surface area contributed by atoms with Gasteiger partial charge in [-0.05, 0) is 25.7 Å². The molecule has 1 N–H and O–H groups in total. The molecule has 0 amide bonds. The summed E-state index contributed by atoms with van der Waals surface area (Å²) in [5.74, 6) is 0.262. The molecule has 3 rings (SSSR count). The van der Waals surface area contributed by atoms with Crippen molar-refractivity contribution in [3.05, 3.63) is 32.6 Å². The summed E-state index contributed by atoms with van der Waals surface area (Å²) in [5.41, 5.74) is 0.374. The molecular formula is C12H16N2O3. The number of aromatic nitrogens is 2. The molecule has 2 heterocycles. The molecule has 1 saturated heterocycles. The number of ether oxygens (including phenoxy) is 1. The van der Waals surface area contributed by atoms with Crippen LogP contribution in [0.1, 0.15) is 43.3 Å². The van der Waals surface area contributed by atoms with Crippen LogP contribution in [-0.2, 0) is 4.74 Å².